The van der Waals surface area contributed by atoms with E-state index >= 15 is 0 Å². The highest BCUT2D eigenvalue weighted by Gasteiger charge is 2.34. The van der Waals surface area contributed by atoms with Crippen molar-refractivity contribution < 1.29 is 14.1 Å². The van der Waals surface area contributed by atoms with Crippen molar-refractivity contribution in [3.05, 3.63) is 86.5 Å². The number of hydrogen-bond acceptors (Lipinski definition) is 6. The number of thioether (sulfide) groups is 1. The van der Waals surface area contributed by atoms with Gasteiger partial charge in [-0.1, -0.05) is 42.2 Å². The van der Waals surface area contributed by atoms with E-state index in [1.54, 1.807) is 31.2 Å². The smallest absolute Gasteiger partial charge is 0.270 e. The first-order valence-electron chi connectivity index (χ1n) is 9.04. The number of nitro groups is 1. The van der Waals surface area contributed by atoms with Gasteiger partial charge in [0, 0.05) is 23.8 Å². The van der Waals surface area contributed by atoms with Gasteiger partial charge in [-0.2, -0.15) is 0 Å². The summed E-state index contributed by atoms with van der Waals surface area (Å²) in [4.78, 5) is 25.5. The fraction of sp³-hybridized carbons (Fsp3) is 0.0909. The van der Waals surface area contributed by atoms with Crippen LogP contribution in [0.2, 0.25) is 0 Å². The molecule has 0 unspecified atom stereocenters. The zero-order valence-corrected chi connectivity index (χ0v) is 17.8. The molecule has 0 saturated carbocycles. The summed E-state index contributed by atoms with van der Waals surface area (Å²) in [5.74, 6) is 0.889. The Bertz CT molecular complexity index is 1230. The van der Waals surface area contributed by atoms with Crippen LogP contribution in [-0.2, 0) is 4.79 Å². The first kappa shape index (κ1) is 20.1. The fourth-order valence-electron chi connectivity index (χ4n) is 3.23. The lowest BCUT2D eigenvalue weighted by Crippen LogP contribution is -2.28. The highest BCUT2D eigenvalue weighted by Crippen LogP contribution is 2.38. The number of thiocarbonyl (C=S) groups is 1. The number of para-hydroxylation sites is 1. The number of furan rings is 1. The zero-order valence-electron chi connectivity index (χ0n) is 16.1. The van der Waals surface area contributed by atoms with Gasteiger partial charge < -0.3 is 4.42 Å². The van der Waals surface area contributed by atoms with Crippen molar-refractivity contribution in [1.29, 1.82) is 0 Å². The lowest BCUT2D eigenvalue weighted by atomic mass is 10.1. The minimum Gasteiger partial charge on any atom is -0.457 e. The van der Waals surface area contributed by atoms with Crippen molar-refractivity contribution in [2.24, 2.45) is 0 Å². The highest BCUT2D eigenvalue weighted by molar-refractivity contribution is 8.27. The molecule has 2 aromatic carbocycles. The summed E-state index contributed by atoms with van der Waals surface area (Å²) in [6.45, 7) is 3.72. The third-order valence-corrected chi connectivity index (χ3v) is 6.04. The van der Waals surface area contributed by atoms with Crippen LogP contribution in [0.3, 0.4) is 0 Å². The Labute approximate surface area is 182 Å². The maximum Gasteiger partial charge on any atom is 0.270 e. The molecule has 1 amide bonds. The molecule has 0 N–H and O–H groups in total. The van der Waals surface area contributed by atoms with Crippen LogP contribution in [0.15, 0.2) is 63.9 Å². The zero-order chi connectivity index (χ0) is 21.4. The van der Waals surface area contributed by atoms with E-state index in [2.05, 4.69) is 0 Å². The molecular formula is C22H16N2O4S2. The summed E-state index contributed by atoms with van der Waals surface area (Å²) in [5, 5.41) is 10.9. The number of aryl methyl sites for hydroxylation is 2. The number of non-ortho nitro benzene ring substituents is 1. The molecule has 6 nitrogen and oxygen atoms in total. The second-order valence-electron chi connectivity index (χ2n) is 6.76. The van der Waals surface area contributed by atoms with Crippen LogP contribution in [-0.4, -0.2) is 15.2 Å². The maximum absolute atomic E-state index is 12.9. The molecule has 8 heteroatoms. The number of carbonyl (C=O) groups excluding carboxylic acids is 1. The number of hydrogen-bond donors (Lipinski definition) is 0. The Morgan fingerprint density at radius 2 is 1.87 bits per heavy atom. The molecule has 150 valence electrons. The van der Waals surface area contributed by atoms with E-state index in [1.165, 1.54) is 28.8 Å². The third kappa shape index (κ3) is 3.67. The molecule has 0 bridgehead atoms. The van der Waals surface area contributed by atoms with Crippen LogP contribution in [0.1, 0.15) is 16.9 Å². The van der Waals surface area contributed by atoms with E-state index in [0.29, 0.717) is 20.7 Å². The summed E-state index contributed by atoms with van der Waals surface area (Å²) in [6.07, 6.45) is 1.67. The van der Waals surface area contributed by atoms with Crippen LogP contribution in [0, 0.1) is 24.0 Å². The number of benzene rings is 2. The van der Waals surface area contributed by atoms with E-state index in [0.717, 1.165) is 22.4 Å². The van der Waals surface area contributed by atoms with Crippen LogP contribution in [0.25, 0.3) is 17.4 Å². The van der Waals surface area contributed by atoms with Gasteiger partial charge in [0.2, 0.25) is 0 Å². The van der Waals surface area contributed by atoms with Gasteiger partial charge in [0.05, 0.1) is 15.5 Å². The van der Waals surface area contributed by atoms with Gasteiger partial charge in [-0.15, -0.1) is 0 Å². The highest BCUT2D eigenvalue weighted by atomic mass is 32.2. The number of amides is 1. The Kier molecular flexibility index (Phi) is 5.27. The summed E-state index contributed by atoms with van der Waals surface area (Å²) >= 11 is 6.65. The van der Waals surface area contributed by atoms with Crippen LogP contribution < -0.4 is 4.90 Å². The molecule has 3 aromatic rings. The van der Waals surface area contributed by atoms with E-state index in [4.69, 9.17) is 16.6 Å². The molecular weight excluding hydrogens is 420 g/mol. The minimum atomic E-state index is -0.430. The van der Waals surface area contributed by atoms with Gasteiger partial charge >= 0.3 is 0 Å². The third-order valence-electron chi connectivity index (χ3n) is 4.74. The summed E-state index contributed by atoms with van der Waals surface area (Å²) < 4.78 is 6.36. The Morgan fingerprint density at radius 3 is 2.57 bits per heavy atom. The van der Waals surface area contributed by atoms with Gasteiger partial charge in [0.25, 0.3) is 11.6 Å². The van der Waals surface area contributed by atoms with Gasteiger partial charge in [-0.3, -0.25) is 19.8 Å². The summed E-state index contributed by atoms with van der Waals surface area (Å²) in [6, 6.07) is 15.7. The van der Waals surface area contributed by atoms with Crippen molar-refractivity contribution in [3.8, 4) is 11.3 Å². The molecule has 1 fully saturated rings. The van der Waals surface area contributed by atoms with Gasteiger partial charge in [-0.05, 0) is 49.2 Å². The van der Waals surface area contributed by atoms with Crippen LogP contribution >= 0.6 is 24.0 Å². The molecule has 30 heavy (non-hydrogen) atoms. The number of carbonyl (C=O) groups is 1. The van der Waals surface area contributed by atoms with Gasteiger partial charge in [-0.25, -0.2) is 0 Å². The monoisotopic (exact) mass is 436 g/mol. The molecule has 1 saturated heterocycles. The summed E-state index contributed by atoms with van der Waals surface area (Å²) in [7, 11) is 0. The Morgan fingerprint density at radius 1 is 1.10 bits per heavy atom. The fourth-order valence-corrected chi connectivity index (χ4v) is 4.50. The SMILES string of the molecule is Cc1cc([N+](=O)[O-])ccc1-c1ccc(/C=C2/SC(=S)N(c3ccccc3C)C2=O)o1. The van der Waals surface area contributed by atoms with Crippen molar-refractivity contribution in [2.45, 2.75) is 13.8 Å². The minimum absolute atomic E-state index is 0.0305. The van der Waals surface area contributed by atoms with Crippen molar-refractivity contribution in [1.82, 2.24) is 0 Å². The Balaban J connectivity index is 1.62. The first-order valence-corrected chi connectivity index (χ1v) is 10.3. The molecule has 0 spiro atoms. The lowest BCUT2D eigenvalue weighted by Gasteiger charge is -2.16. The molecule has 2 heterocycles. The molecule has 4 rings (SSSR count). The van der Waals surface area contributed by atoms with E-state index in [-0.39, 0.29) is 11.6 Å². The quantitative estimate of drug-likeness (QED) is 0.220. The number of nitrogens with zero attached hydrogens (tertiary/aromatic N) is 2. The number of nitro benzene ring substituents is 1. The van der Waals surface area contributed by atoms with Crippen LogP contribution in [0.5, 0.6) is 0 Å². The van der Waals surface area contributed by atoms with E-state index in [9.17, 15) is 14.9 Å². The van der Waals surface area contributed by atoms with Gasteiger partial charge in [0.1, 0.15) is 11.5 Å². The van der Waals surface area contributed by atoms with Crippen molar-refractivity contribution >= 4 is 51.7 Å². The van der Waals surface area contributed by atoms with Crippen molar-refractivity contribution in [2.75, 3.05) is 4.90 Å². The average Bonchev–Trinajstić information content (AvgIpc) is 3.27. The van der Waals surface area contributed by atoms with Crippen LogP contribution in [0.4, 0.5) is 11.4 Å². The predicted molar refractivity (Wildman–Crippen MR) is 122 cm³/mol. The predicted octanol–water partition coefficient (Wildman–Crippen LogP) is 5.88. The molecule has 0 aliphatic carbocycles. The van der Waals surface area contributed by atoms with E-state index < -0.39 is 4.92 Å². The number of rotatable bonds is 4. The van der Waals surface area contributed by atoms with Gasteiger partial charge in [0.15, 0.2) is 4.32 Å². The Hall–Kier alpha value is -3.23. The average molecular weight is 437 g/mol. The summed E-state index contributed by atoms with van der Waals surface area (Å²) in [5.41, 5.74) is 3.25. The first-order chi connectivity index (χ1) is 14.3. The second kappa shape index (κ2) is 7.89. The standard InChI is InChI=1S/C22H16N2O4S2/c1-13-5-3-4-6-18(13)23-21(25)20(30-22(23)29)12-16-8-10-19(28-16)17-9-7-15(24(26)27)11-14(17)2/h3-12H,1-2H3/b20-12+. The largest absolute Gasteiger partial charge is 0.457 e. The molecule has 1 aliphatic heterocycles. The molecule has 1 aliphatic rings. The molecule has 1 aromatic heterocycles. The molecule has 0 atom stereocenters. The van der Waals surface area contributed by atoms with E-state index in [1.807, 2.05) is 31.2 Å². The lowest BCUT2D eigenvalue weighted by molar-refractivity contribution is -0.384. The van der Waals surface area contributed by atoms with Crippen molar-refractivity contribution in [3.63, 3.8) is 0 Å². The topological polar surface area (TPSA) is 76.6 Å². The second-order valence-corrected chi connectivity index (χ2v) is 8.44. The number of anilines is 1. The normalized spacial score (nSPS) is 15.3. The maximum atomic E-state index is 12.9. The molecule has 0 radical (unpaired) electrons.